The van der Waals surface area contributed by atoms with Crippen molar-refractivity contribution in [2.45, 2.75) is 33.6 Å². The van der Waals surface area contributed by atoms with E-state index in [1.54, 1.807) is 0 Å². The van der Waals surface area contributed by atoms with Gasteiger partial charge >= 0.3 is 0 Å². The van der Waals surface area contributed by atoms with Crippen molar-refractivity contribution in [1.29, 1.82) is 0 Å². The molecule has 0 aromatic heterocycles. The summed E-state index contributed by atoms with van der Waals surface area (Å²) in [5.74, 6) is 0.692. The lowest BCUT2D eigenvalue weighted by molar-refractivity contribution is 0.277. The fraction of sp³-hybridized carbons (Fsp3) is 0.636. The third-order valence-electron chi connectivity index (χ3n) is 2.52. The lowest BCUT2D eigenvalue weighted by Crippen LogP contribution is -2.20. The molecule has 0 aromatic carbocycles. The Morgan fingerprint density at radius 2 is 1.91 bits per heavy atom. The predicted molar refractivity (Wildman–Crippen MR) is 52.6 cm³/mol. The Morgan fingerprint density at radius 3 is 2.18 bits per heavy atom. The van der Waals surface area contributed by atoms with E-state index in [0.717, 1.165) is 6.42 Å². The minimum atomic E-state index is 0.253. The zero-order valence-electron chi connectivity index (χ0n) is 8.06. The van der Waals surface area contributed by atoms with Crippen LogP contribution >= 0.6 is 0 Å². The van der Waals surface area contributed by atoms with Crippen LogP contribution in [0.4, 0.5) is 0 Å². The molecule has 0 bridgehead atoms. The van der Waals surface area contributed by atoms with Crippen molar-refractivity contribution in [2.24, 2.45) is 11.3 Å². The molecular formula is C11H20. The highest BCUT2D eigenvalue weighted by atomic mass is 14.3. The molecule has 11 heavy (non-hydrogen) atoms. The molecule has 0 N–H and O–H groups in total. The highest BCUT2D eigenvalue weighted by molar-refractivity contribution is 4.94. The van der Waals surface area contributed by atoms with Gasteiger partial charge in [0.25, 0.3) is 0 Å². The Morgan fingerprint density at radius 1 is 1.36 bits per heavy atom. The summed E-state index contributed by atoms with van der Waals surface area (Å²) in [6.45, 7) is 14.3. The second-order valence-corrected chi connectivity index (χ2v) is 3.66. The molecule has 0 aliphatic carbocycles. The van der Waals surface area contributed by atoms with Crippen LogP contribution in [0.15, 0.2) is 25.3 Å². The minimum Gasteiger partial charge on any atom is -0.103 e. The van der Waals surface area contributed by atoms with Gasteiger partial charge in [-0.2, -0.15) is 0 Å². The van der Waals surface area contributed by atoms with Crippen LogP contribution in [-0.2, 0) is 0 Å². The van der Waals surface area contributed by atoms with Gasteiger partial charge in [-0.25, -0.2) is 0 Å². The van der Waals surface area contributed by atoms with Crippen LogP contribution < -0.4 is 0 Å². The van der Waals surface area contributed by atoms with Gasteiger partial charge in [-0.05, 0) is 17.8 Å². The Kier molecular flexibility index (Phi) is 4.17. The van der Waals surface area contributed by atoms with Gasteiger partial charge in [-0.3, -0.25) is 0 Å². The summed E-state index contributed by atoms with van der Waals surface area (Å²) < 4.78 is 0. The average Bonchev–Trinajstić information content (AvgIpc) is 2.00. The lowest BCUT2D eigenvalue weighted by Gasteiger charge is -2.29. The molecule has 0 radical (unpaired) electrons. The molecule has 0 aliphatic heterocycles. The van der Waals surface area contributed by atoms with Gasteiger partial charge in [0.15, 0.2) is 0 Å². The van der Waals surface area contributed by atoms with Gasteiger partial charge in [-0.15, -0.1) is 13.2 Å². The Balaban J connectivity index is 4.21. The number of rotatable bonds is 5. The normalized spacial score (nSPS) is 14.1. The van der Waals surface area contributed by atoms with Crippen molar-refractivity contribution in [2.75, 3.05) is 0 Å². The average molecular weight is 152 g/mol. The molecule has 0 nitrogen and oxygen atoms in total. The summed E-state index contributed by atoms with van der Waals surface area (Å²) in [4.78, 5) is 0. The van der Waals surface area contributed by atoms with Crippen LogP contribution in [0.25, 0.3) is 0 Å². The molecule has 0 unspecified atom stereocenters. The van der Waals surface area contributed by atoms with E-state index in [-0.39, 0.29) is 5.41 Å². The van der Waals surface area contributed by atoms with E-state index in [9.17, 15) is 0 Å². The van der Waals surface area contributed by atoms with E-state index in [1.165, 1.54) is 6.42 Å². The third-order valence-corrected chi connectivity index (χ3v) is 2.52. The summed E-state index contributed by atoms with van der Waals surface area (Å²) in [7, 11) is 0. The molecule has 0 spiro atoms. The number of allylic oxidation sites excluding steroid dienone is 2. The molecule has 0 heterocycles. The molecule has 0 amide bonds. The molecule has 0 heteroatoms. The van der Waals surface area contributed by atoms with Gasteiger partial charge < -0.3 is 0 Å². The van der Waals surface area contributed by atoms with Crippen LogP contribution in [0.2, 0.25) is 0 Å². The molecule has 0 saturated carbocycles. The molecular weight excluding hydrogens is 132 g/mol. The van der Waals surface area contributed by atoms with E-state index < -0.39 is 0 Å². The third kappa shape index (κ3) is 2.92. The first-order valence-corrected chi connectivity index (χ1v) is 4.33. The maximum absolute atomic E-state index is 3.85. The zero-order valence-corrected chi connectivity index (χ0v) is 8.06. The van der Waals surface area contributed by atoms with E-state index >= 15 is 0 Å². The fourth-order valence-corrected chi connectivity index (χ4v) is 1.36. The smallest absolute Gasteiger partial charge is 0.0146 e. The van der Waals surface area contributed by atoms with Crippen molar-refractivity contribution in [3.8, 4) is 0 Å². The molecule has 0 fully saturated rings. The number of hydrogen-bond donors (Lipinski definition) is 0. The molecule has 0 aliphatic rings. The highest BCUT2D eigenvalue weighted by Crippen LogP contribution is 2.32. The number of hydrogen-bond acceptors (Lipinski definition) is 0. The monoisotopic (exact) mass is 152 g/mol. The molecule has 64 valence electrons. The molecule has 0 saturated heterocycles. The summed E-state index contributed by atoms with van der Waals surface area (Å²) in [5, 5.41) is 0. The fourth-order valence-electron chi connectivity index (χ4n) is 1.36. The molecule has 0 rings (SSSR count). The Bertz CT molecular complexity index is 131. The van der Waals surface area contributed by atoms with Crippen LogP contribution in [0, 0.1) is 11.3 Å². The maximum Gasteiger partial charge on any atom is -0.0146 e. The van der Waals surface area contributed by atoms with Crippen LogP contribution in [0.1, 0.15) is 33.6 Å². The van der Waals surface area contributed by atoms with E-state index in [4.69, 9.17) is 0 Å². The largest absolute Gasteiger partial charge is 0.103 e. The summed E-state index contributed by atoms with van der Waals surface area (Å²) in [5.41, 5.74) is 0.253. The van der Waals surface area contributed by atoms with Crippen LogP contribution in [-0.4, -0.2) is 0 Å². The minimum absolute atomic E-state index is 0.253. The topological polar surface area (TPSA) is 0 Å². The van der Waals surface area contributed by atoms with Gasteiger partial charge in [0.2, 0.25) is 0 Å². The van der Waals surface area contributed by atoms with Crippen molar-refractivity contribution in [3.05, 3.63) is 25.3 Å². The van der Waals surface area contributed by atoms with Crippen LogP contribution in [0.3, 0.4) is 0 Å². The van der Waals surface area contributed by atoms with Gasteiger partial charge in [-0.1, -0.05) is 39.3 Å². The summed E-state index contributed by atoms with van der Waals surface area (Å²) in [6, 6.07) is 0. The first-order valence-electron chi connectivity index (χ1n) is 4.33. The van der Waals surface area contributed by atoms with Crippen molar-refractivity contribution in [1.82, 2.24) is 0 Å². The maximum atomic E-state index is 3.85. The van der Waals surface area contributed by atoms with Crippen molar-refractivity contribution >= 4 is 0 Å². The van der Waals surface area contributed by atoms with Gasteiger partial charge in [0, 0.05) is 0 Å². The zero-order chi connectivity index (χ0) is 8.91. The Labute approximate surface area is 71.0 Å². The van der Waals surface area contributed by atoms with Crippen molar-refractivity contribution < 1.29 is 0 Å². The van der Waals surface area contributed by atoms with E-state index in [2.05, 4.69) is 33.9 Å². The van der Waals surface area contributed by atoms with Gasteiger partial charge in [0.05, 0.1) is 0 Å². The highest BCUT2D eigenvalue weighted by Gasteiger charge is 2.22. The second kappa shape index (κ2) is 4.38. The first-order chi connectivity index (χ1) is 5.08. The van der Waals surface area contributed by atoms with E-state index in [1.807, 2.05) is 12.2 Å². The van der Waals surface area contributed by atoms with Crippen molar-refractivity contribution in [3.63, 3.8) is 0 Å². The Hall–Kier alpha value is -0.520. The SMILES string of the molecule is C=CC[C@H](CC)C(C)(C)C=C. The summed E-state index contributed by atoms with van der Waals surface area (Å²) in [6.07, 6.45) is 6.34. The van der Waals surface area contributed by atoms with Gasteiger partial charge in [0.1, 0.15) is 0 Å². The lowest BCUT2D eigenvalue weighted by atomic mass is 9.76. The standard InChI is InChI=1S/C11H20/c1-6-9-10(7-2)11(4,5)8-3/h6,8,10H,1,3,7,9H2,2,4-5H3/t10-/m0/s1. The first kappa shape index (κ1) is 10.5. The molecule has 1 atom stereocenters. The van der Waals surface area contributed by atoms with Crippen LogP contribution in [0.5, 0.6) is 0 Å². The second-order valence-electron chi connectivity index (χ2n) is 3.66. The summed E-state index contributed by atoms with van der Waals surface area (Å²) >= 11 is 0. The predicted octanol–water partition coefficient (Wildman–Crippen LogP) is 3.80. The quantitative estimate of drug-likeness (QED) is 0.526. The van der Waals surface area contributed by atoms with E-state index in [0.29, 0.717) is 5.92 Å². The molecule has 0 aromatic rings.